The van der Waals surface area contributed by atoms with Gasteiger partial charge in [-0.2, -0.15) is 0 Å². The summed E-state index contributed by atoms with van der Waals surface area (Å²) in [6.07, 6.45) is 1.71. The first-order valence-electron chi connectivity index (χ1n) is 5.92. The average Bonchev–Trinajstić information content (AvgIpc) is 3.05. The Morgan fingerprint density at radius 3 is 2.74 bits per heavy atom. The summed E-state index contributed by atoms with van der Waals surface area (Å²) in [5.74, 6) is 0.806. The maximum atomic E-state index is 5.64. The van der Waals surface area contributed by atoms with E-state index in [1.54, 1.807) is 17.7 Å². The number of aromatic nitrogens is 4. The lowest BCUT2D eigenvalue weighted by atomic mass is 10.3. The lowest BCUT2D eigenvalue weighted by Crippen LogP contribution is -1.95. The SMILES string of the molecule is Cc1nc(CN)sc1-c1nncn1-c1ccccc1. The molecule has 0 spiro atoms. The van der Waals surface area contributed by atoms with E-state index < -0.39 is 0 Å². The van der Waals surface area contributed by atoms with Gasteiger partial charge in [0.15, 0.2) is 5.82 Å². The summed E-state index contributed by atoms with van der Waals surface area (Å²) < 4.78 is 1.96. The highest BCUT2D eigenvalue weighted by Gasteiger charge is 2.15. The molecule has 1 aromatic carbocycles. The Balaban J connectivity index is 2.12. The minimum Gasteiger partial charge on any atom is -0.325 e. The Morgan fingerprint density at radius 1 is 1.26 bits per heavy atom. The summed E-state index contributed by atoms with van der Waals surface area (Å²) >= 11 is 1.57. The maximum Gasteiger partial charge on any atom is 0.180 e. The van der Waals surface area contributed by atoms with Crippen LogP contribution in [0.2, 0.25) is 0 Å². The monoisotopic (exact) mass is 271 g/mol. The van der Waals surface area contributed by atoms with Crippen LogP contribution in [0.1, 0.15) is 10.7 Å². The minimum atomic E-state index is 0.449. The molecule has 0 aliphatic rings. The second-order valence-corrected chi connectivity index (χ2v) is 5.17. The molecule has 0 aliphatic carbocycles. The van der Waals surface area contributed by atoms with Crippen molar-refractivity contribution in [2.75, 3.05) is 0 Å². The van der Waals surface area contributed by atoms with Crippen molar-refractivity contribution in [1.29, 1.82) is 0 Å². The van der Waals surface area contributed by atoms with Gasteiger partial charge in [-0.05, 0) is 19.1 Å². The Morgan fingerprint density at radius 2 is 2.05 bits per heavy atom. The molecule has 6 heteroatoms. The molecule has 5 nitrogen and oxygen atoms in total. The smallest absolute Gasteiger partial charge is 0.180 e. The number of hydrogen-bond donors (Lipinski definition) is 1. The van der Waals surface area contributed by atoms with Crippen molar-refractivity contribution >= 4 is 11.3 Å². The van der Waals surface area contributed by atoms with Gasteiger partial charge >= 0.3 is 0 Å². The number of nitrogens with two attached hydrogens (primary N) is 1. The van der Waals surface area contributed by atoms with Crippen LogP contribution in [0.4, 0.5) is 0 Å². The zero-order valence-corrected chi connectivity index (χ0v) is 11.3. The van der Waals surface area contributed by atoms with Gasteiger partial charge in [0.2, 0.25) is 0 Å². The fraction of sp³-hybridized carbons (Fsp3) is 0.154. The molecule has 0 saturated heterocycles. The molecule has 0 saturated carbocycles. The molecule has 0 amide bonds. The fourth-order valence-corrected chi connectivity index (χ4v) is 2.84. The standard InChI is InChI=1S/C13H13N5S/c1-9-12(19-11(7-14)16-9)13-17-15-8-18(13)10-5-3-2-4-6-10/h2-6,8H,7,14H2,1H3. The normalized spacial score (nSPS) is 10.8. The first-order chi connectivity index (χ1) is 9.29. The minimum absolute atomic E-state index is 0.449. The molecule has 19 heavy (non-hydrogen) atoms. The van der Waals surface area contributed by atoms with Crippen molar-refractivity contribution in [2.24, 2.45) is 5.73 Å². The zero-order valence-electron chi connectivity index (χ0n) is 10.4. The van der Waals surface area contributed by atoms with Crippen LogP contribution in [0, 0.1) is 6.92 Å². The molecule has 2 aromatic heterocycles. The summed E-state index contributed by atoms with van der Waals surface area (Å²) in [7, 11) is 0. The number of aryl methyl sites for hydroxylation is 1. The van der Waals surface area contributed by atoms with Crippen LogP contribution >= 0.6 is 11.3 Å². The van der Waals surface area contributed by atoms with Crippen LogP contribution in [-0.4, -0.2) is 19.7 Å². The molecular formula is C13H13N5S. The van der Waals surface area contributed by atoms with E-state index in [4.69, 9.17) is 5.73 Å². The molecule has 0 fully saturated rings. The third-order valence-corrected chi connectivity index (χ3v) is 3.98. The zero-order chi connectivity index (χ0) is 13.2. The molecule has 3 rings (SSSR count). The number of para-hydroxylation sites is 1. The maximum absolute atomic E-state index is 5.64. The summed E-state index contributed by atoms with van der Waals surface area (Å²) in [6.45, 7) is 2.42. The molecule has 0 radical (unpaired) electrons. The van der Waals surface area contributed by atoms with Crippen molar-refractivity contribution in [3.05, 3.63) is 47.4 Å². The molecule has 0 atom stereocenters. The topological polar surface area (TPSA) is 69.6 Å². The van der Waals surface area contributed by atoms with Crippen molar-refractivity contribution in [2.45, 2.75) is 13.5 Å². The van der Waals surface area contributed by atoms with Gasteiger partial charge in [0.1, 0.15) is 11.3 Å². The summed E-state index contributed by atoms with van der Waals surface area (Å²) in [4.78, 5) is 5.45. The predicted molar refractivity (Wildman–Crippen MR) is 75.1 cm³/mol. The third-order valence-electron chi connectivity index (χ3n) is 2.80. The van der Waals surface area contributed by atoms with Crippen molar-refractivity contribution in [3.63, 3.8) is 0 Å². The van der Waals surface area contributed by atoms with Crippen molar-refractivity contribution in [3.8, 4) is 16.4 Å². The number of thiazole rings is 1. The van der Waals surface area contributed by atoms with Gasteiger partial charge in [-0.25, -0.2) is 4.98 Å². The van der Waals surface area contributed by atoms with E-state index in [1.165, 1.54) is 0 Å². The molecule has 96 valence electrons. The van der Waals surface area contributed by atoms with E-state index >= 15 is 0 Å². The van der Waals surface area contributed by atoms with Gasteiger partial charge in [-0.1, -0.05) is 18.2 Å². The predicted octanol–water partition coefficient (Wildman–Crippen LogP) is 2.16. The lowest BCUT2D eigenvalue weighted by Gasteiger charge is -2.04. The Labute approximate surface area is 114 Å². The van der Waals surface area contributed by atoms with Gasteiger partial charge in [0.05, 0.1) is 10.6 Å². The van der Waals surface area contributed by atoms with Crippen LogP contribution in [0.3, 0.4) is 0 Å². The summed E-state index contributed by atoms with van der Waals surface area (Å²) in [5, 5.41) is 9.14. The van der Waals surface area contributed by atoms with Crippen LogP contribution in [-0.2, 0) is 6.54 Å². The fourth-order valence-electron chi connectivity index (χ4n) is 1.91. The van der Waals surface area contributed by atoms with Crippen LogP contribution in [0.15, 0.2) is 36.7 Å². The summed E-state index contributed by atoms with van der Waals surface area (Å²) in [5.41, 5.74) is 7.61. The number of benzene rings is 1. The van der Waals surface area contributed by atoms with Gasteiger partial charge < -0.3 is 5.73 Å². The summed E-state index contributed by atoms with van der Waals surface area (Å²) in [6, 6.07) is 10.0. The highest BCUT2D eigenvalue weighted by atomic mass is 32.1. The molecule has 2 N–H and O–H groups in total. The van der Waals surface area contributed by atoms with Crippen LogP contribution < -0.4 is 5.73 Å². The molecule has 0 bridgehead atoms. The van der Waals surface area contributed by atoms with Crippen LogP contribution in [0.5, 0.6) is 0 Å². The van der Waals surface area contributed by atoms with E-state index in [-0.39, 0.29) is 0 Å². The lowest BCUT2D eigenvalue weighted by molar-refractivity contribution is 1.02. The first kappa shape index (κ1) is 12.0. The number of nitrogens with zero attached hydrogens (tertiary/aromatic N) is 4. The Hall–Kier alpha value is -2.05. The molecule has 3 aromatic rings. The molecule has 0 aliphatic heterocycles. The largest absolute Gasteiger partial charge is 0.325 e. The Bertz CT molecular complexity index is 686. The Kier molecular flexibility index (Phi) is 3.10. The second kappa shape index (κ2) is 4.91. The van der Waals surface area contributed by atoms with E-state index in [9.17, 15) is 0 Å². The molecule has 0 unspecified atom stereocenters. The second-order valence-electron chi connectivity index (χ2n) is 4.09. The van der Waals surface area contributed by atoms with Crippen molar-refractivity contribution < 1.29 is 0 Å². The van der Waals surface area contributed by atoms with Gasteiger partial charge in [-0.15, -0.1) is 21.5 Å². The molecular weight excluding hydrogens is 258 g/mol. The van der Waals surface area contributed by atoms with Crippen LogP contribution in [0.25, 0.3) is 16.4 Å². The quantitative estimate of drug-likeness (QED) is 0.792. The van der Waals surface area contributed by atoms with Crippen molar-refractivity contribution in [1.82, 2.24) is 19.7 Å². The highest BCUT2D eigenvalue weighted by Crippen LogP contribution is 2.29. The van der Waals surface area contributed by atoms with Gasteiger partial charge in [-0.3, -0.25) is 4.57 Å². The first-order valence-corrected chi connectivity index (χ1v) is 6.73. The van der Waals surface area contributed by atoms with E-state index in [0.717, 1.165) is 27.1 Å². The molecule has 2 heterocycles. The third kappa shape index (κ3) is 2.16. The highest BCUT2D eigenvalue weighted by molar-refractivity contribution is 7.15. The van der Waals surface area contributed by atoms with E-state index in [1.807, 2.05) is 41.8 Å². The number of rotatable bonds is 3. The average molecular weight is 271 g/mol. The van der Waals surface area contributed by atoms with E-state index in [2.05, 4.69) is 15.2 Å². The van der Waals surface area contributed by atoms with E-state index in [0.29, 0.717) is 6.54 Å². The van der Waals surface area contributed by atoms with Gasteiger partial charge in [0, 0.05) is 12.2 Å². The number of hydrogen-bond acceptors (Lipinski definition) is 5. The van der Waals surface area contributed by atoms with Gasteiger partial charge in [0.25, 0.3) is 0 Å².